The molecule has 1 saturated carbocycles. The van der Waals surface area contributed by atoms with Crippen LogP contribution in [0.3, 0.4) is 0 Å². The van der Waals surface area contributed by atoms with Gasteiger partial charge in [0, 0.05) is 23.4 Å². The number of amides is 1. The van der Waals surface area contributed by atoms with Crippen LogP contribution in [0, 0.1) is 0 Å². The normalized spacial score (nSPS) is 13.5. The van der Waals surface area contributed by atoms with Gasteiger partial charge in [-0.05, 0) is 30.5 Å². The minimum atomic E-state index is -0.159. The number of hydrogen-bond acceptors (Lipinski definition) is 5. The van der Waals surface area contributed by atoms with E-state index in [1.54, 1.807) is 0 Å². The monoisotopic (exact) mass is 384 g/mol. The van der Waals surface area contributed by atoms with Gasteiger partial charge in [-0.2, -0.15) is 4.98 Å². The first-order valence-corrected chi connectivity index (χ1v) is 9.79. The molecule has 0 atom stereocenters. The first kappa shape index (κ1) is 17.6. The van der Waals surface area contributed by atoms with Gasteiger partial charge in [-0.15, -0.1) is 0 Å². The highest BCUT2D eigenvalue weighted by molar-refractivity contribution is 6.06. The van der Waals surface area contributed by atoms with Crippen molar-refractivity contribution in [2.24, 2.45) is 0 Å². The zero-order chi connectivity index (χ0) is 19.6. The lowest BCUT2D eigenvalue weighted by Gasteiger charge is -2.09. The minimum absolute atomic E-state index is 0.159. The maximum Gasteiger partial charge on any atom is 0.252 e. The van der Waals surface area contributed by atoms with Gasteiger partial charge in [0.15, 0.2) is 5.82 Å². The zero-order valence-electron chi connectivity index (χ0n) is 15.8. The van der Waals surface area contributed by atoms with Gasteiger partial charge in [0.25, 0.3) is 5.91 Å². The molecule has 0 spiro atoms. The van der Waals surface area contributed by atoms with Gasteiger partial charge in [0.05, 0.1) is 17.6 Å². The van der Waals surface area contributed by atoms with Crippen LogP contribution in [0.15, 0.2) is 65.2 Å². The molecule has 6 heteroatoms. The highest BCUT2D eigenvalue weighted by Crippen LogP contribution is 2.40. The average Bonchev–Trinajstić information content (AvgIpc) is 3.52. The number of fused-ring (bicyclic) bond motifs is 1. The molecule has 5 rings (SSSR count). The molecule has 4 aromatic rings. The third kappa shape index (κ3) is 3.87. The van der Waals surface area contributed by atoms with Crippen LogP contribution < -0.4 is 5.32 Å². The summed E-state index contributed by atoms with van der Waals surface area (Å²) in [5, 5.41) is 7.77. The van der Waals surface area contributed by atoms with E-state index in [0.29, 0.717) is 29.6 Å². The number of para-hydroxylation sites is 1. The Morgan fingerprint density at radius 3 is 2.66 bits per heavy atom. The van der Waals surface area contributed by atoms with E-state index in [9.17, 15) is 4.79 Å². The van der Waals surface area contributed by atoms with E-state index in [4.69, 9.17) is 9.51 Å². The fraction of sp³-hybridized carbons (Fsp3) is 0.217. The molecule has 2 aromatic carbocycles. The summed E-state index contributed by atoms with van der Waals surface area (Å²) >= 11 is 0. The molecular weight excluding hydrogens is 364 g/mol. The number of nitrogens with zero attached hydrogens (tertiary/aromatic N) is 3. The van der Waals surface area contributed by atoms with E-state index in [-0.39, 0.29) is 12.5 Å². The third-order valence-electron chi connectivity index (χ3n) is 5.09. The molecule has 1 aliphatic rings. The fourth-order valence-corrected chi connectivity index (χ4v) is 3.44. The number of benzene rings is 2. The average molecular weight is 384 g/mol. The van der Waals surface area contributed by atoms with Crippen molar-refractivity contribution >= 4 is 16.8 Å². The Bertz CT molecular complexity index is 1170. The van der Waals surface area contributed by atoms with Crippen molar-refractivity contribution in [1.29, 1.82) is 0 Å². The van der Waals surface area contributed by atoms with Gasteiger partial charge in [0.2, 0.25) is 5.89 Å². The summed E-state index contributed by atoms with van der Waals surface area (Å²) in [5.41, 5.74) is 3.60. The predicted octanol–water partition coefficient (Wildman–Crippen LogP) is 4.02. The van der Waals surface area contributed by atoms with Crippen LogP contribution in [0.4, 0.5) is 0 Å². The van der Waals surface area contributed by atoms with Crippen molar-refractivity contribution in [3.63, 3.8) is 0 Å². The second-order valence-electron chi connectivity index (χ2n) is 7.34. The maximum atomic E-state index is 12.9. The first-order valence-electron chi connectivity index (χ1n) is 9.79. The molecule has 0 radical (unpaired) electrons. The van der Waals surface area contributed by atoms with Crippen LogP contribution in [-0.2, 0) is 13.0 Å². The lowest BCUT2D eigenvalue weighted by molar-refractivity contribution is 0.0947. The molecule has 1 N–H and O–H groups in total. The molecule has 0 aliphatic heterocycles. The fourth-order valence-electron chi connectivity index (χ4n) is 3.44. The molecule has 6 nitrogen and oxygen atoms in total. The summed E-state index contributed by atoms with van der Waals surface area (Å²) in [7, 11) is 0. The van der Waals surface area contributed by atoms with E-state index in [1.165, 1.54) is 0 Å². The van der Waals surface area contributed by atoms with Crippen LogP contribution >= 0.6 is 0 Å². The molecule has 29 heavy (non-hydrogen) atoms. The van der Waals surface area contributed by atoms with Crippen LogP contribution in [0.1, 0.15) is 52.1 Å². The molecule has 0 unspecified atom stereocenters. The van der Waals surface area contributed by atoms with Crippen LogP contribution in [0.25, 0.3) is 10.9 Å². The lowest BCUT2D eigenvalue weighted by Crippen LogP contribution is -2.23. The Hall–Kier alpha value is -3.54. The largest absolute Gasteiger partial charge is 0.343 e. The van der Waals surface area contributed by atoms with Gasteiger partial charge < -0.3 is 9.84 Å². The van der Waals surface area contributed by atoms with E-state index in [1.807, 2.05) is 60.7 Å². The van der Waals surface area contributed by atoms with Crippen LogP contribution in [0.2, 0.25) is 0 Å². The molecule has 1 amide bonds. The predicted molar refractivity (Wildman–Crippen MR) is 108 cm³/mol. The molecule has 1 aliphatic carbocycles. The van der Waals surface area contributed by atoms with Gasteiger partial charge in [-0.25, -0.2) is 0 Å². The summed E-state index contributed by atoms with van der Waals surface area (Å²) in [6, 6.07) is 19.6. The Morgan fingerprint density at radius 1 is 1.03 bits per heavy atom. The number of hydrogen-bond donors (Lipinski definition) is 1. The lowest BCUT2D eigenvalue weighted by atomic mass is 10.1. The Morgan fingerprint density at radius 2 is 1.83 bits per heavy atom. The molecule has 2 aromatic heterocycles. The van der Waals surface area contributed by atoms with Crippen LogP contribution in [-0.4, -0.2) is 21.0 Å². The topological polar surface area (TPSA) is 80.9 Å². The molecule has 0 bridgehead atoms. The second kappa shape index (κ2) is 7.47. The molecule has 2 heterocycles. The van der Waals surface area contributed by atoms with E-state index in [2.05, 4.69) is 15.5 Å². The molecule has 1 fully saturated rings. The maximum absolute atomic E-state index is 12.9. The smallest absolute Gasteiger partial charge is 0.252 e. The quantitative estimate of drug-likeness (QED) is 0.543. The van der Waals surface area contributed by atoms with E-state index in [0.717, 1.165) is 35.0 Å². The number of aromatic nitrogens is 3. The zero-order valence-corrected chi connectivity index (χ0v) is 15.8. The van der Waals surface area contributed by atoms with Crippen molar-refractivity contribution in [2.45, 2.75) is 31.7 Å². The summed E-state index contributed by atoms with van der Waals surface area (Å²) < 4.78 is 5.29. The minimum Gasteiger partial charge on any atom is -0.343 e. The molecule has 144 valence electrons. The van der Waals surface area contributed by atoms with Gasteiger partial charge >= 0.3 is 0 Å². The van der Waals surface area contributed by atoms with Crippen molar-refractivity contribution in [3.05, 3.63) is 89.2 Å². The summed E-state index contributed by atoms with van der Waals surface area (Å²) in [5.74, 6) is 1.31. The number of carbonyl (C=O) groups excluding carboxylic acids is 1. The Labute approximate surface area is 168 Å². The van der Waals surface area contributed by atoms with Crippen molar-refractivity contribution in [3.8, 4) is 0 Å². The molecule has 0 saturated heterocycles. The standard InChI is InChI=1S/C23H20N4O2/c28-23(18-13-20(16-10-11-16)25-19-9-5-4-8-17(18)19)24-14-22-26-21(27-29-22)12-15-6-2-1-3-7-15/h1-9,13,16H,10-12,14H2,(H,24,28). The Balaban J connectivity index is 1.31. The van der Waals surface area contributed by atoms with E-state index < -0.39 is 0 Å². The number of nitrogens with one attached hydrogen (secondary N) is 1. The van der Waals surface area contributed by atoms with Crippen molar-refractivity contribution in [2.75, 3.05) is 0 Å². The first-order chi connectivity index (χ1) is 14.3. The third-order valence-corrected chi connectivity index (χ3v) is 5.09. The van der Waals surface area contributed by atoms with Crippen molar-refractivity contribution in [1.82, 2.24) is 20.4 Å². The highest BCUT2D eigenvalue weighted by atomic mass is 16.5. The van der Waals surface area contributed by atoms with Crippen molar-refractivity contribution < 1.29 is 9.32 Å². The number of rotatable bonds is 6. The second-order valence-corrected chi connectivity index (χ2v) is 7.34. The SMILES string of the molecule is O=C(NCc1nc(Cc2ccccc2)no1)c1cc(C2CC2)nc2ccccc12. The molecular formula is C23H20N4O2. The van der Waals surface area contributed by atoms with Crippen LogP contribution in [0.5, 0.6) is 0 Å². The van der Waals surface area contributed by atoms with E-state index >= 15 is 0 Å². The van der Waals surface area contributed by atoms with Gasteiger partial charge in [-0.3, -0.25) is 9.78 Å². The summed E-state index contributed by atoms with van der Waals surface area (Å²) in [4.78, 5) is 22.0. The summed E-state index contributed by atoms with van der Waals surface area (Å²) in [6.45, 7) is 0.191. The number of pyridine rings is 1. The summed E-state index contributed by atoms with van der Waals surface area (Å²) in [6.07, 6.45) is 2.87. The number of carbonyl (C=O) groups is 1. The Kier molecular flexibility index (Phi) is 4.52. The highest BCUT2D eigenvalue weighted by Gasteiger charge is 2.27. The van der Waals surface area contributed by atoms with Gasteiger partial charge in [0.1, 0.15) is 0 Å². The van der Waals surface area contributed by atoms with Gasteiger partial charge in [-0.1, -0.05) is 53.7 Å².